The van der Waals surface area contributed by atoms with Gasteiger partial charge in [0.1, 0.15) is 11.5 Å². The zero-order valence-corrected chi connectivity index (χ0v) is 17.3. The lowest BCUT2D eigenvalue weighted by Gasteiger charge is -2.11. The molecule has 3 aromatic rings. The van der Waals surface area contributed by atoms with Crippen LogP contribution < -0.4 is 14.8 Å². The largest absolute Gasteiger partial charge is 0.497 e. The maximum atomic E-state index is 12.4. The van der Waals surface area contributed by atoms with Crippen molar-refractivity contribution in [3.05, 3.63) is 52.6 Å². The fraction of sp³-hybridized carbons (Fsp3) is 0.211. The lowest BCUT2D eigenvalue weighted by Crippen LogP contribution is -2.15. The van der Waals surface area contributed by atoms with E-state index in [-0.39, 0.29) is 17.3 Å². The van der Waals surface area contributed by atoms with Crippen LogP contribution in [0.15, 0.2) is 47.6 Å². The first-order valence-electron chi connectivity index (χ1n) is 8.72. The van der Waals surface area contributed by atoms with Crippen LogP contribution >= 0.6 is 11.8 Å². The van der Waals surface area contributed by atoms with Crippen LogP contribution in [-0.2, 0) is 11.8 Å². The van der Waals surface area contributed by atoms with E-state index < -0.39 is 4.92 Å². The number of non-ortho nitro benzene ring substituents is 1. The third-order valence-electron chi connectivity index (χ3n) is 4.16. The molecule has 0 aliphatic carbocycles. The highest BCUT2D eigenvalue weighted by molar-refractivity contribution is 7.99. The number of hydrogen-bond donors (Lipinski definition) is 1. The Morgan fingerprint density at radius 1 is 1.20 bits per heavy atom. The summed E-state index contributed by atoms with van der Waals surface area (Å²) in [6, 6.07) is 11.3. The molecule has 1 heterocycles. The second-order valence-corrected chi connectivity index (χ2v) is 7.02. The quantitative estimate of drug-likeness (QED) is 0.329. The molecule has 11 heteroatoms. The molecule has 0 atom stereocenters. The van der Waals surface area contributed by atoms with Crippen LogP contribution in [0.3, 0.4) is 0 Å². The Hall–Kier alpha value is -3.60. The predicted octanol–water partition coefficient (Wildman–Crippen LogP) is 3.14. The number of rotatable bonds is 8. The summed E-state index contributed by atoms with van der Waals surface area (Å²) >= 11 is 1.20. The number of methoxy groups -OCH3 is 2. The van der Waals surface area contributed by atoms with Crippen LogP contribution in [0.4, 0.5) is 11.4 Å². The summed E-state index contributed by atoms with van der Waals surface area (Å²) in [5.74, 6) is 1.40. The number of benzene rings is 2. The van der Waals surface area contributed by atoms with Crippen molar-refractivity contribution in [2.75, 3.05) is 25.3 Å². The molecule has 3 rings (SSSR count). The third kappa shape index (κ3) is 4.69. The third-order valence-corrected chi connectivity index (χ3v) is 5.18. The molecule has 30 heavy (non-hydrogen) atoms. The second-order valence-electron chi connectivity index (χ2n) is 6.08. The number of hydrogen-bond acceptors (Lipinski definition) is 8. The lowest BCUT2D eigenvalue weighted by molar-refractivity contribution is -0.384. The van der Waals surface area contributed by atoms with Gasteiger partial charge in [-0.3, -0.25) is 14.9 Å². The van der Waals surface area contributed by atoms with E-state index in [4.69, 9.17) is 9.47 Å². The Morgan fingerprint density at radius 2 is 2.00 bits per heavy atom. The fourth-order valence-electron chi connectivity index (χ4n) is 2.68. The lowest BCUT2D eigenvalue weighted by atomic mass is 10.2. The standard InChI is InChI=1S/C19H19N5O5S/c1-23-18(12-5-4-6-13(9-12)24(26)27)21-22-19(23)30-11-17(25)20-15-10-14(28-2)7-8-16(15)29-3/h4-10H,11H2,1-3H3,(H,20,25). The van der Waals surface area contributed by atoms with Crippen LogP contribution in [0.5, 0.6) is 11.5 Å². The molecule has 2 aromatic carbocycles. The Balaban J connectivity index is 1.69. The van der Waals surface area contributed by atoms with Crippen LogP contribution in [-0.4, -0.2) is 45.6 Å². The van der Waals surface area contributed by atoms with Crippen molar-refractivity contribution in [3.63, 3.8) is 0 Å². The molecular formula is C19H19N5O5S. The van der Waals surface area contributed by atoms with E-state index in [9.17, 15) is 14.9 Å². The minimum Gasteiger partial charge on any atom is -0.497 e. The Labute approximate surface area is 176 Å². The van der Waals surface area contributed by atoms with Crippen LogP contribution in [0.1, 0.15) is 0 Å². The number of nitrogens with one attached hydrogen (secondary N) is 1. The molecule has 0 aliphatic rings. The number of nitro groups is 1. The molecule has 10 nitrogen and oxygen atoms in total. The first kappa shape index (κ1) is 21.1. The second kappa shape index (κ2) is 9.27. The molecule has 0 saturated heterocycles. The van der Waals surface area contributed by atoms with Crippen molar-refractivity contribution in [1.82, 2.24) is 14.8 Å². The van der Waals surface area contributed by atoms with Gasteiger partial charge in [0.2, 0.25) is 5.91 Å². The van der Waals surface area contributed by atoms with E-state index in [1.54, 1.807) is 41.9 Å². The van der Waals surface area contributed by atoms with Gasteiger partial charge in [-0.2, -0.15) is 0 Å². The van der Waals surface area contributed by atoms with E-state index in [2.05, 4.69) is 15.5 Å². The van der Waals surface area contributed by atoms with Gasteiger partial charge in [-0.15, -0.1) is 10.2 Å². The molecule has 0 unspecified atom stereocenters. The smallest absolute Gasteiger partial charge is 0.270 e. The average Bonchev–Trinajstić information content (AvgIpc) is 3.12. The van der Waals surface area contributed by atoms with Gasteiger partial charge < -0.3 is 19.4 Å². The van der Waals surface area contributed by atoms with Crippen molar-refractivity contribution in [3.8, 4) is 22.9 Å². The van der Waals surface area contributed by atoms with Crippen LogP contribution in [0.2, 0.25) is 0 Å². The summed E-state index contributed by atoms with van der Waals surface area (Å²) in [6.07, 6.45) is 0. The number of carbonyl (C=O) groups is 1. The van der Waals surface area contributed by atoms with Crippen molar-refractivity contribution < 1.29 is 19.2 Å². The average molecular weight is 429 g/mol. The molecule has 0 fully saturated rings. The van der Waals surface area contributed by atoms with E-state index >= 15 is 0 Å². The summed E-state index contributed by atoms with van der Waals surface area (Å²) in [5, 5.41) is 22.5. The Kier molecular flexibility index (Phi) is 6.52. The molecule has 0 bridgehead atoms. The molecule has 1 N–H and O–H groups in total. The summed E-state index contributed by atoms with van der Waals surface area (Å²) < 4.78 is 12.1. The summed E-state index contributed by atoms with van der Waals surface area (Å²) in [4.78, 5) is 22.9. The maximum absolute atomic E-state index is 12.4. The van der Waals surface area contributed by atoms with E-state index in [1.165, 1.54) is 38.1 Å². The molecule has 0 radical (unpaired) electrons. The van der Waals surface area contributed by atoms with Gasteiger partial charge in [0.25, 0.3) is 5.69 Å². The van der Waals surface area contributed by atoms with Crippen LogP contribution in [0.25, 0.3) is 11.4 Å². The number of nitro benzene ring substituents is 1. The normalized spacial score (nSPS) is 10.5. The molecule has 156 valence electrons. The molecule has 0 saturated carbocycles. The number of aromatic nitrogens is 3. The Morgan fingerprint density at radius 3 is 2.70 bits per heavy atom. The van der Waals surface area contributed by atoms with E-state index in [0.29, 0.717) is 33.7 Å². The number of anilines is 1. The van der Waals surface area contributed by atoms with E-state index in [1.807, 2.05) is 0 Å². The topological polar surface area (TPSA) is 121 Å². The van der Waals surface area contributed by atoms with Crippen molar-refractivity contribution in [2.24, 2.45) is 7.05 Å². The number of nitrogens with zero attached hydrogens (tertiary/aromatic N) is 4. The highest BCUT2D eigenvalue weighted by Gasteiger charge is 2.16. The van der Waals surface area contributed by atoms with Gasteiger partial charge in [-0.25, -0.2) is 0 Å². The van der Waals surface area contributed by atoms with Gasteiger partial charge in [0, 0.05) is 30.8 Å². The molecule has 0 aliphatic heterocycles. The molecular weight excluding hydrogens is 410 g/mol. The van der Waals surface area contributed by atoms with Crippen LogP contribution in [0, 0.1) is 10.1 Å². The first-order chi connectivity index (χ1) is 14.4. The van der Waals surface area contributed by atoms with Gasteiger partial charge in [-0.1, -0.05) is 23.9 Å². The van der Waals surface area contributed by atoms with Crippen molar-refractivity contribution >= 4 is 29.0 Å². The number of carbonyl (C=O) groups excluding carboxylic acids is 1. The fourth-order valence-corrected chi connectivity index (χ4v) is 3.39. The molecule has 1 amide bonds. The van der Waals surface area contributed by atoms with Gasteiger partial charge >= 0.3 is 0 Å². The zero-order valence-electron chi connectivity index (χ0n) is 16.5. The Bertz CT molecular complexity index is 1080. The minimum absolute atomic E-state index is 0.0312. The zero-order chi connectivity index (χ0) is 21.7. The van der Waals surface area contributed by atoms with Gasteiger partial charge in [0.05, 0.1) is 30.6 Å². The summed E-state index contributed by atoms with van der Waals surface area (Å²) in [5.41, 5.74) is 1.03. The van der Waals surface area contributed by atoms with Gasteiger partial charge in [0.15, 0.2) is 11.0 Å². The predicted molar refractivity (Wildman–Crippen MR) is 112 cm³/mol. The number of thioether (sulfide) groups is 1. The SMILES string of the molecule is COc1ccc(OC)c(NC(=O)CSc2nnc(-c3cccc([N+](=O)[O-])c3)n2C)c1. The summed E-state index contributed by atoms with van der Waals surface area (Å²) in [6.45, 7) is 0. The van der Waals surface area contributed by atoms with Crippen molar-refractivity contribution in [2.45, 2.75) is 5.16 Å². The molecule has 1 aromatic heterocycles. The van der Waals surface area contributed by atoms with Crippen molar-refractivity contribution in [1.29, 1.82) is 0 Å². The minimum atomic E-state index is -0.466. The summed E-state index contributed by atoms with van der Waals surface area (Å²) in [7, 11) is 4.79. The monoisotopic (exact) mass is 429 g/mol. The highest BCUT2D eigenvalue weighted by Crippen LogP contribution is 2.30. The van der Waals surface area contributed by atoms with Gasteiger partial charge in [-0.05, 0) is 12.1 Å². The number of ether oxygens (including phenoxy) is 2. The van der Waals surface area contributed by atoms with E-state index in [0.717, 1.165) is 0 Å². The highest BCUT2D eigenvalue weighted by atomic mass is 32.2. The number of amides is 1. The first-order valence-corrected chi connectivity index (χ1v) is 9.70. The maximum Gasteiger partial charge on any atom is 0.270 e. The molecule has 0 spiro atoms.